The van der Waals surface area contributed by atoms with Crippen LogP contribution >= 0.6 is 0 Å². The minimum atomic E-state index is -3.00. The Hall–Kier alpha value is -2.49. The van der Waals surface area contributed by atoms with Crippen LogP contribution in [0.1, 0.15) is 29.9 Å². The molecule has 0 bridgehead atoms. The molecule has 1 aromatic rings. The summed E-state index contributed by atoms with van der Waals surface area (Å²) in [5.74, 6) is 4.20. The number of hydrogen-bond acceptors (Lipinski definition) is 8. The normalized spacial score (nSPS) is 27.4. The third kappa shape index (κ3) is 2.95. The molecule has 1 saturated carbocycles. The maximum atomic E-state index is 14.4. The first kappa shape index (κ1) is 18.9. The molecule has 0 amide bonds. The molecule has 1 aromatic heterocycles. The quantitative estimate of drug-likeness (QED) is 0.429. The van der Waals surface area contributed by atoms with Crippen molar-refractivity contribution in [2.45, 2.75) is 25.2 Å². The number of aromatic nitrogens is 2. The van der Waals surface area contributed by atoms with Crippen LogP contribution in [-0.4, -0.2) is 48.2 Å². The van der Waals surface area contributed by atoms with Crippen LogP contribution in [0.2, 0.25) is 0 Å². The summed E-state index contributed by atoms with van der Waals surface area (Å²) < 4.78 is 33.6. The van der Waals surface area contributed by atoms with E-state index in [4.69, 9.17) is 16.3 Å². The van der Waals surface area contributed by atoms with Crippen LogP contribution in [0.4, 0.5) is 14.6 Å². The fourth-order valence-corrected chi connectivity index (χ4v) is 4.53. The van der Waals surface area contributed by atoms with Crippen LogP contribution in [0, 0.1) is 17.8 Å². The molecular weight excluding hydrogens is 370 g/mol. The van der Waals surface area contributed by atoms with E-state index in [1.807, 2.05) is 4.90 Å². The van der Waals surface area contributed by atoms with Crippen LogP contribution in [0.15, 0.2) is 6.20 Å². The standard InChI is InChI=1S/C18H24F2N6O2/c1-25(22)13(6-21)16-23-15-9(3-4-18(15,19)20)17(24-16)26-7-11-10(12(11)8-26)5-14(27)28-2/h6,10-12H,3-5,7-8,21-22H2,1-2H3/b13-6-/t10-,11-,12+. The van der Waals surface area contributed by atoms with E-state index in [1.165, 1.54) is 18.3 Å². The average Bonchev–Trinajstić information content (AvgIpc) is 2.98. The fraction of sp³-hybridized carbons (Fsp3) is 0.611. The number of anilines is 1. The lowest BCUT2D eigenvalue weighted by Crippen LogP contribution is -2.30. The Morgan fingerprint density at radius 2 is 2.07 bits per heavy atom. The van der Waals surface area contributed by atoms with Crippen molar-refractivity contribution in [3.05, 3.63) is 23.3 Å². The van der Waals surface area contributed by atoms with Crippen LogP contribution < -0.4 is 16.5 Å². The molecule has 0 aromatic carbocycles. The first-order valence-electron chi connectivity index (χ1n) is 9.28. The summed E-state index contributed by atoms with van der Waals surface area (Å²) >= 11 is 0. The van der Waals surface area contributed by atoms with Gasteiger partial charge in [-0.3, -0.25) is 4.79 Å². The molecule has 4 N–H and O–H groups in total. The highest BCUT2D eigenvalue weighted by Crippen LogP contribution is 2.55. The molecule has 8 nitrogen and oxygen atoms in total. The molecular formula is C18H24F2N6O2. The number of halogens is 2. The average molecular weight is 394 g/mol. The molecule has 1 saturated heterocycles. The highest BCUT2D eigenvalue weighted by molar-refractivity contribution is 5.70. The summed E-state index contributed by atoms with van der Waals surface area (Å²) in [5.41, 5.74) is 6.16. The highest BCUT2D eigenvalue weighted by Gasteiger charge is 2.57. The molecule has 4 rings (SSSR count). The minimum Gasteiger partial charge on any atom is -0.469 e. The molecule has 3 aliphatic rings. The van der Waals surface area contributed by atoms with E-state index in [2.05, 4.69) is 9.97 Å². The second-order valence-electron chi connectivity index (χ2n) is 7.74. The number of rotatable bonds is 5. The zero-order valence-corrected chi connectivity index (χ0v) is 15.9. The largest absolute Gasteiger partial charge is 0.469 e. The van der Waals surface area contributed by atoms with E-state index >= 15 is 0 Å². The lowest BCUT2D eigenvalue weighted by atomic mass is 10.1. The predicted molar refractivity (Wildman–Crippen MR) is 97.7 cm³/mol. The number of nitrogens with two attached hydrogens (primary N) is 2. The fourth-order valence-electron chi connectivity index (χ4n) is 4.53. The molecule has 152 valence electrons. The van der Waals surface area contributed by atoms with Gasteiger partial charge in [0.15, 0.2) is 5.82 Å². The van der Waals surface area contributed by atoms with E-state index in [0.29, 0.717) is 48.6 Å². The number of ether oxygens (including phenoxy) is 1. The van der Waals surface area contributed by atoms with Crippen molar-refractivity contribution in [1.82, 2.24) is 15.0 Å². The summed E-state index contributed by atoms with van der Waals surface area (Å²) in [5, 5.41) is 1.21. The van der Waals surface area contributed by atoms with Gasteiger partial charge in [0.05, 0.1) is 7.11 Å². The van der Waals surface area contributed by atoms with Crippen LogP contribution in [0.3, 0.4) is 0 Å². The third-order valence-electron chi connectivity index (χ3n) is 6.09. The molecule has 28 heavy (non-hydrogen) atoms. The summed E-state index contributed by atoms with van der Waals surface area (Å²) in [4.78, 5) is 22.2. The summed E-state index contributed by atoms with van der Waals surface area (Å²) in [6, 6.07) is 0. The number of methoxy groups -OCH3 is 1. The van der Waals surface area contributed by atoms with Gasteiger partial charge in [0, 0.05) is 44.7 Å². The van der Waals surface area contributed by atoms with E-state index in [9.17, 15) is 13.6 Å². The molecule has 2 fully saturated rings. The molecule has 0 radical (unpaired) electrons. The summed E-state index contributed by atoms with van der Waals surface area (Å²) in [6.45, 7) is 1.36. The van der Waals surface area contributed by atoms with Crippen LogP contribution in [0.5, 0.6) is 0 Å². The Kier molecular flexibility index (Phi) is 4.40. The maximum absolute atomic E-state index is 14.4. The van der Waals surface area contributed by atoms with Gasteiger partial charge in [-0.15, -0.1) is 0 Å². The van der Waals surface area contributed by atoms with E-state index in [-0.39, 0.29) is 36.0 Å². The first-order chi connectivity index (χ1) is 13.3. The topological polar surface area (TPSA) is 111 Å². The zero-order valence-electron chi connectivity index (χ0n) is 15.9. The highest BCUT2D eigenvalue weighted by atomic mass is 19.3. The number of nitrogens with zero attached hydrogens (tertiary/aromatic N) is 4. The number of fused-ring (bicyclic) bond motifs is 2. The maximum Gasteiger partial charge on any atom is 0.305 e. The van der Waals surface area contributed by atoms with Gasteiger partial charge in [-0.05, 0) is 24.2 Å². The molecule has 2 aliphatic carbocycles. The molecule has 10 heteroatoms. The number of alkyl halides is 2. The second-order valence-corrected chi connectivity index (χ2v) is 7.74. The molecule has 0 spiro atoms. The number of carbonyl (C=O) groups is 1. The minimum absolute atomic E-state index is 0.0921. The summed E-state index contributed by atoms with van der Waals surface area (Å²) in [7, 11) is 2.94. The van der Waals surface area contributed by atoms with E-state index < -0.39 is 5.92 Å². The van der Waals surface area contributed by atoms with Gasteiger partial charge in [-0.1, -0.05) is 0 Å². The number of hydrogen-bond donors (Lipinski definition) is 2. The molecule has 1 aliphatic heterocycles. The van der Waals surface area contributed by atoms with Gasteiger partial charge in [0.1, 0.15) is 17.2 Å². The van der Waals surface area contributed by atoms with Crippen molar-refractivity contribution < 1.29 is 18.3 Å². The monoisotopic (exact) mass is 394 g/mol. The van der Waals surface area contributed by atoms with Gasteiger partial charge in [0.25, 0.3) is 5.92 Å². The van der Waals surface area contributed by atoms with Crippen molar-refractivity contribution in [3.63, 3.8) is 0 Å². The Labute approximate surface area is 161 Å². The van der Waals surface area contributed by atoms with Crippen molar-refractivity contribution in [3.8, 4) is 0 Å². The Morgan fingerprint density at radius 3 is 2.64 bits per heavy atom. The van der Waals surface area contributed by atoms with Crippen molar-refractivity contribution in [1.29, 1.82) is 0 Å². The van der Waals surface area contributed by atoms with Gasteiger partial charge >= 0.3 is 5.97 Å². The number of piperidine rings is 1. The smallest absolute Gasteiger partial charge is 0.305 e. The zero-order chi connectivity index (χ0) is 20.2. The molecule has 3 atom stereocenters. The van der Waals surface area contributed by atoms with Crippen molar-refractivity contribution >= 4 is 17.5 Å². The molecule has 2 heterocycles. The van der Waals surface area contributed by atoms with Crippen molar-refractivity contribution in [2.75, 3.05) is 32.1 Å². The number of carbonyl (C=O) groups excluding carboxylic acids is 1. The Morgan fingerprint density at radius 1 is 1.39 bits per heavy atom. The van der Waals surface area contributed by atoms with E-state index in [0.717, 1.165) is 0 Å². The first-order valence-corrected chi connectivity index (χ1v) is 9.28. The Balaban J connectivity index is 1.64. The van der Waals surface area contributed by atoms with Crippen molar-refractivity contribution in [2.24, 2.45) is 29.3 Å². The van der Waals surface area contributed by atoms with Gasteiger partial charge in [0.2, 0.25) is 0 Å². The number of esters is 1. The van der Waals surface area contributed by atoms with Crippen LogP contribution in [-0.2, 0) is 21.9 Å². The van der Waals surface area contributed by atoms with Gasteiger partial charge < -0.3 is 20.4 Å². The lowest BCUT2D eigenvalue weighted by Gasteiger charge is -2.25. The SMILES string of the molecule is COC(=O)C[C@@H]1[C@H]2CN(c3nc(/C(=C/N)N(C)N)nc4c3CCC4(F)F)C[C@@H]12. The lowest BCUT2D eigenvalue weighted by molar-refractivity contribution is -0.141. The summed E-state index contributed by atoms with van der Waals surface area (Å²) in [6.07, 6.45) is 1.57. The number of hydrazine groups is 1. The third-order valence-corrected chi connectivity index (χ3v) is 6.09. The van der Waals surface area contributed by atoms with Gasteiger partial charge in [-0.25, -0.2) is 15.8 Å². The predicted octanol–water partition coefficient (Wildman–Crippen LogP) is 0.823. The van der Waals surface area contributed by atoms with Gasteiger partial charge in [-0.2, -0.15) is 8.78 Å². The van der Waals surface area contributed by atoms with Crippen LogP contribution in [0.25, 0.3) is 5.70 Å². The second kappa shape index (κ2) is 6.54. The Bertz CT molecular complexity index is 832. The van der Waals surface area contributed by atoms with E-state index in [1.54, 1.807) is 7.05 Å². The molecule has 0 unspecified atom stereocenters.